The summed E-state index contributed by atoms with van der Waals surface area (Å²) in [6.45, 7) is 3.64. The van der Waals surface area contributed by atoms with Crippen LogP contribution in [0, 0.1) is 5.41 Å². The van der Waals surface area contributed by atoms with E-state index in [2.05, 4.69) is 4.90 Å². The minimum Gasteiger partial charge on any atom is -0.369 e. The zero-order valence-electron chi connectivity index (χ0n) is 17.5. The fraction of sp³-hybridized carbons (Fsp3) is 0.636. The first-order valence-corrected chi connectivity index (χ1v) is 10.8. The van der Waals surface area contributed by atoms with Crippen molar-refractivity contribution in [2.75, 3.05) is 44.2 Å². The van der Waals surface area contributed by atoms with E-state index in [-0.39, 0.29) is 24.2 Å². The molecule has 0 unspecified atom stereocenters. The summed E-state index contributed by atoms with van der Waals surface area (Å²) in [7, 11) is 0. The monoisotopic (exact) mass is 459 g/mol. The molecule has 2 heterocycles. The summed E-state index contributed by atoms with van der Waals surface area (Å²) in [4.78, 5) is 30.9. The number of imide groups is 1. The molecule has 1 spiro atoms. The van der Waals surface area contributed by atoms with E-state index >= 15 is 0 Å². The van der Waals surface area contributed by atoms with Crippen molar-refractivity contribution >= 4 is 29.9 Å². The number of rotatable bonds is 4. The number of anilines is 1. The Morgan fingerprint density at radius 1 is 0.935 bits per heavy atom. The van der Waals surface area contributed by atoms with Crippen LogP contribution in [0.3, 0.4) is 0 Å². The van der Waals surface area contributed by atoms with Crippen LogP contribution in [0.4, 0.5) is 18.9 Å². The molecule has 1 saturated carbocycles. The van der Waals surface area contributed by atoms with Crippen LogP contribution in [-0.4, -0.2) is 60.9 Å². The lowest BCUT2D eigenvalue weighted by atomic mass is 9.73. The van der Waals surface area contributed by atoms with Crippen LogP contribution in [0.25, 0.3) is 0 Å². The Labute approximate surface area is 187 Å². The maximum Gasteiger partial charge on any atom is 0.416 e. The van der Waals surface area contributed by atoms with E-state index in [1.165, 1.54) is 17.0 Å². The van der Waals surface area contributed by atoms with Crippen LogP contribution in [0.2, 0.25) is 0 Å². The molecule has 1 aromatic carbocycles. The van der Waals surface area contributed by atoms with Gasteiger partial charge in [0.25, 0.3) is 0 Å². The summed E-state index contributed by atoms with van der Waals surface area (Å²) in [5.74, 6) is -0.0423. The Morgan fingerprint density at radius 2 is 1.61 bits per heavy atom. The van der Waals surface area contributed by atoms with Gasteiger partial charge < -0.3 is 4.90 Å². The number of carbonyl (C=O) groups excluding carboxylic acids is 2. The van der Waals surface area contributed by atoms with Gasteiger partial charge in [0, 0.05) is 51.4 Å². The molecule has 3 fully saturated rings. The number of likely N-dealkylation sites (tertiary alicyclic amines) is 1. The highest BCUT2D eigenvalue weighted by Gasteiger charge is 2.51. The average molecular weight is 460 g/mol. The van der Waals surface area contributed by atoms with Crippen LogP contribution >= 0.6 is 12.4 Å². The maximum absolute atomic E-state index is 13.0. The second kappa shape index (κ2) is 9.36. The Hall–Kier alpha value is -1.80. The second-order valence-corrected chi connectivity index (χ2v) is 8.75. The number of carbonyl (C=O) groups is 2. The van der Waals surface area contributed by atoms with E-state index in [4.69, 9.17) is 0 Å². The summed E-state index contributed by atoms with van der Waals surface area (Å²) in [5, 5.41) is 0. The Morgan fingerprint density at radius 3 is 2.26 bits per heavy atom. The minimum atomic E-state index is -4.34. The first kappa shape index (κ1) is 23.9. The molecular weight excluding hydrogens is 431 g/mol. The van der Waals surface area contributed by atoms with Crippen molar-refractivity contribution in [1.29, 1.82) is 0 Å². The van der Waals surface area contributed by atoms with Crippen molar-refractivity contribution in [2.45, 2.75) is 44.7 Å². The standard InChI is InChI=1S/C22H28F3N3O2.ClH/c23-22(24,25)17-5-4-6-18(15-17)27-12-9-26(10-13-27)11-14-28-19(29)16-21(20(28)30)7-2-1-3-8-21;/h4-6,15H,1-3,7-14,16H2;1H. The Balaban J connectivity index is 0.00000272. The number of nitrogens with zero attached hydrogens (tertiary/aromatic N) is 3. The molecule has 0 radical (unpaired) electrons. The van der Waals surface area contributed by atoms with E-state index in [0.717, 1.165) is 38.2 Å². The van der Waals surface area contributed by atoms with Crippen molar-refractivity contribution < 1.29 is 22.8 Å². The molecule has 4 rings (SSSR count). The van der Waals surface area contributed by atoms with Crippen molar-refractivity contribution in [3.8, 4) is 0 Å². The fourth-order valence-corrected chi connectivity index (χ4v) is 5.06. The van der Waals surface area contributed by atoms with Gasteiger partial charge in [-0.1, -0.05) is 25.3 Å². The number of hydrogen-bond acceptors (Lipinski definition) is 4. The molecular formula is C22H29ClF3N3O2. The van der Waals surface area contributed by atoms with E-state index in [1.807, 2.05) is 4.90 Å². The fourth-order valence-electron chi connectivity index (χ4n) is 5.06. The zero-order valence-corrected chi connectivity index (χ0v) is 18.3. The van der Waals surface area contributed by atoms with E-state index < -0.39 is 17.2 Å². The first-order chi connectivity index (χ1) is 14.3. The third-order valence-corrected chi connectivity index (χ3v) is 6.85. The summed E-state index contributed by atoms with van der Waals surface area (Å²) >= 11 is 0. The highest BCUT2D eigenvalue weighted by Crippen LogP contribution is 2.45. The van der Waals surface area contributed by atoms with Crippen molar-refractivity contribution in [3.63, 3.8) is 0 Å². The number of benzene rings is 1. The lowest BCUT2D eigenvalue weighted by Gasteiger charge is -2.37. The number of piperazine rings is 1. The van der Waals surface area contributed by atoms with Gasteiger partial charge in [-0.25, -0.2) is 0 Å². The molecule has 0 atom stereocenters. The van der Waals surface area contributed by atoms with Crippen molar-refractivity contribution in [2.24, 2.45) is 5.41 Å². The van der Waals surface area contributed by atoms with Gasteiger partial charge in [-0.2, -0.15) is 13.2 Å². The third-order valence-electron chi connectivity index (χ3n) is 6.85. The zero-order chi connectivity index (χ0) is 21.4. The quantitative estimate of drug-likeness (QED) is 0.639. The van der Waals surface area contributed by atoms with Crippen LogP contribution in [0.1, 0.15) is 44.1 Å². The van der Waals surface area contributed by atoms with E-state index in [0.29, 0.717) is 51.4 Å². The molecule has 9 heteroatoms. The van der Waals surface area contributed by atoms with Crippen LogP contribution < -0.4 is 4.90 Å². The first-order valence-electron chi connectivity index (χ1n) is 10.8. The number of hydrogen-bond donors (Lipinski definition) is 0. The molecule has 0 aromatic heterocycles. The van der Waals surface area contributed by atoms with E-state index in [9.17, 15) is 22.8 Å². The van der Waals surface area contributed by atoms with Crippen LogP contribution in [-0.2, 0) is 15.8 Å². The van der Waals surface area contributed by atoms with Gasteiger partial charge >= 0.3 is 6.18 Å². The highest BCUT2D eigenvalue weighted by molar-refractivity contribution is 6.05. The molecule has 0 bridgehead atoms. The molecule has 5 nitrogen and oxygen atoms in total. The summed E-state index contributed by atoms with van der Waals surface area (Å²) in [5.41, 5.74) is -0.504. The summed E-state index contributed by atoms with van der Waals surface area (Å²) in [6, 6.07) is 5.43. The third kappa shape index (κ3) is 5.00. The van der Waals surface area contributed by atoms with E-state index in [1.54, 1.807) is 6.07 Å². The molecule has 2 aliphatic heterocycles. The largest absolute Gasteiger partial charge is 0.416 e. The highest BCUT2D eigenvalue weighted by atomic mass is 35.5. The molecule has 2 saturated heterocycles. The van der Waals surface area contributed by atoms with Gasteiger partial charge in [-0.3, -0.25) is 19.4 Å². The van der Waals surface area contributed by atoms with Crippen LogP contribution in [0.5, 0.6) is 0 Å². The van der Waals surface area contributed by atoms with Gasteiger partial charge in [0.15, 0.2) is 0 Å². The topological polar surface area (TPSA) is 43.9 Å². The molecule has 31 heavy (non-hydrogen) atoms. The molecule has 2 amide bonds. The average Bonchev–Trinajstić information content (AvgIpc) is 2.96. The van der Waals surface area contributed by atoms with Gasteiger partial charge in [-0.15, -0.1) is 12.4 Å². The molecule has 172 valence electrons. The predicted octanol–water partition coefficient (Wildman–Crippen LogP) is 3.96. The number of halogens is 4. The van der Waals surface area contributed by atoms with Gasteiger partial charge in [0.2, 0.25) is 11.8 Å². The molecule has 0 N–H and O–H groups in total. The predicted molar refractivity (Wildman–Crippen MR) is 114 cm³/mol. The second-order valence-electron chi connectivity index (χ2n) is 8.75. The smallest absolute Gasteiger partial charge is 0.369 e. The van der Waals surface area contributed by atoms with Gasteiger partial charge in [-0.05, 0) is 31.0 Å². The maximum atomic E-state index is 13.0. The summed E-state index contributed by atoms with van der Waals surface area (Å²) < 4.78 is 38.9. The SMILES string of the molecule is Cl.O=C1CC2(CCCCC2)C(=O)N1CCN1CCN(c2cccc(C(F)(F)F)c2)CC1. The molecule has 3 aliphatic rings. The normalized spacial score (nSPS) is 22.2. The lowest BCUT2D eigenvalue weighted by Crippen LogP contribution is -2.49. The van der Waals surface area contributed by atoms with Crippen molar-refractivity contribution in [3.05, 3.63) is 29.8 Å². The van der Waals surface area contributed by atoms with Crippen LogP contribution in [0.15, 0.2) is 24.3 Å². The Bertz CT molecular complexity index is 803. The minimum absolute atomic E-state index is 0. The molecule has 1 aliphatic carbocycles. The summed E-state index contributed by atoms with van der Waals surface area (Å²) in [6.07, 6.45) is 0.832. The van der Waals surface area contributed by atoms with Crippen molar-refractivity contribution in [1.82, 2.24) is 9.80 Å². The number of alkyl halides is 3. The number of amides is 2. The Kier molecular flexibility index (Phi) is 7.21. The lowest BCUT2D eigenvalue weighted by molar-refractivity contribution is -0.142. The molecule has 1 aromatic rings. The van der Waals surface area contributed by atoms with Gasteiger partial charge in [0.05, 0.1) is 11.0 Å². The van der Waals surface area contributed by atoms with Gasteiger partial charge in [0.1, 0.15) is 0 Å².